The number of carbonyl (C=O) groups is 1. The van der Waals surface area contributed by atoms with Gasteiger partial charge in [0.15, 0.2) is 11.5 Å². The highest BCUT2D eigenvalue weighted by Gasteiger charge is 2.17. The molecule has 146 valence electrons. The lowest BCUT2D eigenvalue weighted by atomic mass is 9.99. The van der Waals surface area contributed by atoms with E-state index in [1.54, 1.807) is 14.2 Å². The number of nitrogens with one attached hydrogen (secondary N) is 1. The first kappa shape index (κ1) is 20.9. The molecule has 0 spiro atoms. The Kier molecular flexibility index (Phi) is 8.59. The first-order valence-electron chi connectivity index (χ1n) is 9.42. The highest BCUT2D eigenvalue weighted by Crippen LogP contribution is 2.33. The van der Waals surface area contributed by atoms with Gasteiger partial charge in [-0.15, -0.1) is 11.8 Å². The number of hydrogen-bond donors (Lipinski definition) is 1. The van der Waals surface area contributed by atoms with Crippen LogP contribution in [0, 0.1) is 5.92 Å². The first-order valence-corrected chi connectivity index (χ1v) is 10.3. The molecule has 1 aromatic rings. The van der Waals surface area contributed by atoms with E-state index in [-0.39, 0.29) is 11.2 Å². The van der Waals surface area contributed by atoms with Crippen molar-refractivity contribution < 1.29 is 14.3 Å². The molecule has 1 fully saturated rings. The van der Waals surface area contributed by atoms with Gasteiger partial charge in [-0.25, -0.2) is 0 Å². The van der Waals surface area contributed by atoms with Crippen LogP contribution in [0.5, 0.6) is 11.5 Å². The molecule has 0 aromatic heterocycles. The Labute approximate surface area is 161 Å². The maximum absolute atomic E-state index is 12.3. The fourth-order valence-corrected chi connectivity index (χ4v) is 4.01. The maximum Gasteiger partial charge on any atom is 0.233 e. The zero-order chi connectivity index (χ0) is 18.9. The number of carbonyl (C=O) groups excluding carboxylic acids is 1. The van der Waals surface area contributed by atoms with Crippen LogP contribution in [0.2, 0.25) is 0 Å². The Morgan fingerprint density at radius 3 is 2.62 bits per heavy atom. The number of piperidine rings is 1. The highest BCUT2D eigenvalue weighted by atomic mass is 32.2. The molecule has 1 aliphatic heterocycles. The predicted octanol–water partition coefficient (Wildman–Crippen LogP) is 3.42. The number of methoxy groups -OCH3 is 2. The summed E-state index contributed by atoms with van der Waals surface area (Å²) in [5, 5.41) is 2.91. The molecule has 1 saturated heterocycles. The van der Waals surface area contributed by atoms with E-state index >= 15 is 0 Å². The van der Waals surface area contributed by atoms with Crippen LogP contribution in [-0.4, -0.2) is 56.5 Å². The third kappa shape index (κ3) is 6.40. The van der Waals surface area contributed by atoms with E-state index in [4.69, 9.17) is 9.47 Å². The Morgan fingerprint density at radius 1 is 1.27 bits per heavy atom. The number of likely N-dealkylation sites (tertiary alicyclic amines) is 1. The number of thioether (sulfide) groups is 1. The smallest absolute Gasteiger partial charge is 0.233 e. The molecule has 0 radical (unpaired) electrons. The van der Waals surface area contributed by atoms with Gasteiger partial charge in [0.25, 0.3) is 0 Å². The van der Waals surface area contributed by atoms with Gasteiger partial charge in [0.05, 0.1) is 19.5 Å². The molecule has 26 heavy (non-hydrogen) atoms. The summed E-state index contributed by atoms with van der Waals surface area (Å²) in [4.78, 5) is 15.8. The number of amides is 1. The summed E-state index contributed by atoms with van der Waals surface area (Å²) in [5.74, 6) is 2.32. The normalized spacial score (nSPS) is 16.9. The zero-order valence-corrected chi connectivity index (χ0v) is 17.2. The van der Waals surface area contributed by atoms with Gasteiger partial charge < -0.3 is 19.7 Å². The van der Waals surface area contributed by atoms with Crippen molar-refractivity contribution in [2.75, 3.05) is 40.4 Å². The minimum atomic E-state index is -0.149. The van der Waals surface area contributed by atoms with E-state index in [0.717, 1.165) is 30.3 Å². The second-order valence-corrected chi connectivity index (χ2v) is 8.36. The Balaban J connectivity index is 1.70. The molecule has 1 atom stereocenters. The third-order valence-corrected chi connectivity index (χ3v) is 5.96. The third-order valence-electron chi connectivity index (χ3n) is 4.86. The van der Waals surface area contributed by atoms with Crippen molar-refractivity contribution in [3.05, 3.63) is 18.2 Å². The van der Waals surface area contributed by atoms with Gasteiger partial charge in [-0.05, 0) is 69.9 Å². The van der Waals surface area contributed by atoms with Crippen molar-refractivity contribution in [1.82, 2.24) is 10.2 Å². The molecule has 0 unspecified atom stereocenters. The van der Waals surface area contributed by atoms with Crippen LogP contribution in [-0.2, 0) is 4.79 Å². The van der Waals surface area contributed by atoms with E-state index < -0.39 is 0 Å². The summed E-state index contributed by atoms with van der Waals surface area (Å²) in [6.07, 6.45) is 3.60. The summed E-state index contributed by atoms with van der Waals surface area (Å²) < 4.78 is 10.6. The van der Waals surface area contributed by atoms with Crippen LogP contribution in [0.3, 0.4) is 0 Å². The molecule has 1 heterocycles. The number of ether oxygens (including phenoxy) is 2. The molecular weight excluding hydrogens is 348 g/mol. The van der Waals surface area contributed by atoms with Crippen LogP contribution < -0.4 is 14.8 Å². The second-order valence-electron chi connectivity index (χ2n) is 6.95. The Bertz CT molecular complexity index is 574. The second kappa shape index (κ2) is 10.7. The van der Waals surface area contributed by atoms with Gasteiger partial charge in [0, 0.05) is 11.4 Å². The monoisotopic (exact) mass is 380 g/mol. The van der Waals surface area contributed by atoms with Gasteiger partial charge in [-0.2, -0.15) is 0 Å². The van der Waals surface area contributed by atoms with E-state index in [1.807, 2.05) is 25.1 Å². The molecule has 1 amide bonds. The van der Waals surface area contributed by atoms with Gasteiger partial charge in [-0.1, -0.05) is 6.92 Å². The number of rotatable bonds is 9. The van der Waals surface area contributed by atoms with Crippen molar-refractivity contribution in [2.24, 2.45) is 5.92 Å². The van der Waals surface area contributed by atoms with Gasteiger partial charge >= 0.3 is 0 Å². The average molecular weight is 381 g/mol. The van der Waals surface area contributed by atoms with E-state index in [2.05, 4.69) is 17.1 Å². The minimum Gasteiger partial charge on any atom is -0.493 e. The van der Waals surface area contributed by atoms with Crippen LogP contribution in [0.1, 0.15) is 33.1 Å². The topological polar surface area (TPSA) is 50.8 Å². The van der Waals surface area contributed by atoms with Crippen molar-refractivity contribution in [2.45, 2.75) is 43.3 Å². The van der Waals surface area contributed by atoms with Crippen LogP contribution in [0.25, 0.3) is 0 Å². The predicted molar refractivity (Wildman–Crippen MR) is 107 cm³/mol. The van der Waals surface area contributed by atoms with Crippen molar-refractivity contribution >= 4 is 17.7 Å². The molecule has 2 rings (SSSR count). The van der Waals surface area contributed by atoms with E-state index in [9.17, 15) is 4.79 Å². The molecular formula is C20H32N2O3S. The van der Waals surface area contributed by atoms with Crippen LogP contribution >= 0.6 is 11.8 Å². The number of hydrogen-bond acceptors (Lipinski definition) is 5. The molecule has 0 bridgehead atoms. The largest absolute Gasteiger partial charge is 0.493 e. The average Bonchev–Trinajstić information content (AvgIpc) is 2.66. The summed E-state index contributed by atoms with van der Waals surface area (Å²) in [7, 11) is 3.23. The minimum absolute atomic E-state index is 0.0806. The number of benzene rings is 1. The first-order chi connectivity index (χ1) is 12.5. The summed E-state index contributed by atoms with van der Waals surface area (Å²) >= 11 is 1.53. The van der Waals surface area contributed by atoms with Gasteiger partial charge in [-0.3, -0.25) is 4.79 Å². The lowest BCUT2D eigenvalue weighted by molar-refractivity contribution is -0.120. The summed E-state index contributed by atoms with van der Waals surface area (Å²) in [6.45, 7) is 8.46. The number of nitrogens with zero attached hydrogens (tertiary/aromatic N) is 1. The maximum atomic E-state index is 12.3. The standard InChI is InChI=1S/C20H32N2O3S/c1-15-8-12-22(13-9-15)11-5-10-21-20(23)16(2)26-17-6-7-18(24-3)19(14-17)25-4/h6-7,14-16H,5,8-13H2,1-4H3,(H,21,23)/t16-/m0/s1. The zero-order valence-electron chi connectivity index (χ0n) is 16.4. The van der Waals surface area contributed by atoms with E-state index in [1.165, 1.54) is 37.7 Å². The van der Waals surface area contributed by atoms with Crippen LogP contribution in [0.4, 0.5) is 0 Å². The molecule has 1 aromatic carbocycles. The highest BCUT2D eigenvalue weighted by molar-refractivity contribution is 8.00. The lowest BCUT2D eigenvalue weighted by Crippen LogP contribution is -2.36. The Morgan fingerprint density at radius 2 is 1.96 bits per heavy atom. The lowest BCUT2D eigenvalue weighted by Gasteiger charge is -2.30. The van der Waals surface area contributed by atoms with Crippen molar-refractivity contribution in [3.63, 3.8) is 0 Å². The van der Waals surface area contributed by atoms with Crippen molar-refractivity contribution in [1.29, 1.82) is 0 Å². The summed E-state index contributed by atoms with van der Waals surface area (Å²) in [6, 6.07) is 5.73. The molecule has 5 nitrogen and oxygen atoms in total. The molecule has 0 aliphatic carbocycles. The van der Waals surface area contributed by atoms with Crippen LogP contribution in [0.15, 0.2) is 23.1 Å². The fourth-order valence-electron chi connectivity index (χ4n) is 3.09. The quantitative estimate of drug-likeness (QED) is 0.525. The molecule has 1 N–H and O–H groups in total. The van der Waals surface area contributed by atoms with E-state index in [0.29, 0.717) is 11.5 Å². The molecule has 0 saturated carbocycles. The van der Waals surface area contributed by atoms with Crippen molar-refractivity contribution in [3.8, 4) is 11.5 Å². The molecule has 1 aliphatic rings. The SMILES string of the molecule is COc1ccc(S[C@@H](C)C(=O)NCCCN2CCC(C)CC2)cc1OC. The van der Waals surface area contributed by atoms with Gasteiger partial charge in [0.1, 0.15) is 0 Å². The van der Waals surface area contributed by atoms with Gasteiger partial charge in [0.2, 0.25) is 5.91 Å². The Hall–Kier alpha value is -1.40. The summed E-state index contributed by atoms with van der Waals surface area (Å²) in [5.41, 5.74) is 0. The fraction of sp³-hybridized carbons (Fsp3) is 0.650. The molecule has 6 heteroatoms.